The highest BCUT2D eigenvalue weighted by atomic mass is 32.2. The predicted octanol–water partition coefficient (Wildman–Crippen LogP) is 2.87. The molecule has 30 heavy (non-hydrogen) atoms. The molecule has 0 saturated carbocycles. The smallest absolute Gasteiger partial charge is 0.251 e. The van der Waals surface area contributed by atoms with Crippen molar-refractivity contribution in [3.05, 3.63) is 59.7 Å². The third-order valence-electron chi connectivity index (χ3n) is 5.60. The summed E-state index contributed by atoms with van der Waals surface area (Å²) in [5.74, 6) is 0.208. The van der Waals surface area contributed by atoms with Crippen LogP contribution in [0.2, 0.25) is 0 Å². The molecule has 158 valence electrons. The summed E-state index contributed by atoms with van der Waals surface area (Å²) >= 11 is 0. The Morgan fingerprint density at radius 1 is 1.13 bits per heavy atom. The molecule has 7 nitrogen and oxygen atoms in total. The van der Waals surface area contributed by atoms with E-state index in [0.717, 1.165) is 11.3 Å². The van der Waals surface area contributed by atoms with Crippen molar-refractivity contribution in [2.24, 2.45) is 0 Å². The number of rotatable bonds is 4. The fourth-order valence-electron chi connectivity index (χ4n) is 4.07. The average Bonchev–Trinajstić information content (AvgIpc) is 3.08. The number of piperidine rings is 1. The van der Waals surface area contributed by atoms with Gasteiger partial charge in [0.1, 0.15) is 11.6 Å². The average molecular weight is 431 g/mol. The van der Waals surface area contributed by atoms with Crippen molar-refractivity contribution < 1.29 is 17.6 Å². The minimum absolute atomic E-state index is 0.0996. The standard InChI is InChI=1S/C21H23FN4O3S/c1-14-24-19-13-16(22)5-8-20(19)26(14)17-9-11-25(12-10-17)30(28,29)18-6-3-15(4-7-18)21(27)23-2/h3-8,13,17H,9-12H2,1-2H3,(H,23,27). The normalized spacial score (nSPS) is 16.1. The Morgan fingerprint density at radius 2 is 1.80 bits per heavy atom. The molecule has 0 spiro atoms. The molecule has 2 heterocycles. The molecule has 4 rings (SSSR count). The number of hydrogen-bond donors (Lipinski definition) is 1. The summed E-state index contributed by atoms with van der Waals surface area (Å²) in [4.78, 5) is 16.3. The summed E-state index contributed by atoms with van der Waals surface area (Å²) in [5, 5.41) is 2.51. The van der Waals surface area contributed by atoms with E-state index >= 15 is 0 Å². The molecule has 0 bridgehead atoms. The van der Waals surface area contributed by atoms with Crippen LogP contribution in [-0.2, 0) is 10.0 Å². The van der Waals surface area contributed by atoms with E-state index in [1.54, 1.807) is 6.07 Å². The number of fused-ring (bicyclic) bond motifs is 1. The van der Waals surface area contributed by atoms with Crippen LogP contribution in [0.3, 0.4) is 0 Å². The number of imidazole rings is 1. The number of hydrogen-bond acceptors (Lipinski definition) is 4. The Kier molecular flexibility index (Phi) is 5.33. The Labute approximate surface area is 174 Å². The molecule has 0 atom stereocenters. The Hall–Kier alpha value is -2.78. The summed E-state index contributed by atoms with van der Waals surface area (Å²) in [5.41, 5.74) is 1.88. The van der Waals surface area contributed by atoms with Gasteiger partial charge in [0.15, 0.2) is 0 Å². The van der Waals surface area contributed by atoms with Crippen LogP contribution < -0.4 is 5.32 Å². The van der Waals surface area contributed by atoms with Crippen LogP contribution in [0.1, 0.15) is 35.1 Å². The van der Waals surface area contributed by atoms with Crippen LogP contribution in [0, 0.1) is 12.7 Å². The van der Waals surface area contributed by atoms with Gasteiger partial charge >= 0.3 is 0 Å². The number of carbonyl (C=O) groups excluding carboxylic acids is 1. The molecule has 1 N–H and O–H groups in total. The van der Waals surface area contributed by atoms with E-state index in [0.29, 0.717) is 37.0 Å². The van der Waals surface area contributed by atoms with E-state index in [1.165, 1.54) is 47.8 Å². The molecule has 0 unspecified atom stereocenters. The molecule has 1 aromatic heterocycles. The molecule has 0 aliphatic carbocycles. The van der Waals surface area contributed by atoms with Crippen LogP contribution in [0.15, 0.2) is 47.4 Å². The van der Waals surface area contributed by atoms with Gasteiger partial charge in [-0.1, -0.05) is 0 Å². The van der Waals surface area contributed by atoms with Gasteiger partial charge in [-0.05, 0) is 56.2 Å². The SMILES string of the molecule is CNC(=O)c1ccc(S(=O)(=O)N2CCC(n3c(C)nc4cc(F)ccc43)CC2)cc1. The molecule has 3 aromatic rings. The van der Waals surface area contributed by atoms with Crippen molar-refractivity contribution in [2.75, 3.05) is 20.1 Å². The summed E-state index contributed by atoms with van der Waals surface area (Å²) in [6.45, 7) is 2.64. The number of carbonyl (C=O) groups is 1. The predicted molar refractivity (Wildman–Crippen MR) is 111 cm³/mol. The molecule has 2 aromatic carbocycles. The quantitative estimate of drug-likeness (QED) is 0.690. The maximum atomic E-state index is 13.5. The molecular formula is C21H23FN4O3S. The fourth-order valence-corrected chi connectivity index (χ4v) is 5.54. The lowest BCUT2D eigenvalue weighted by molar-refractivity contribution is 0.0963. The monoisotopic (exact) mass is 430 g/mol. The molecule has 1 saturated heterocycles. The zero-order valence-electron chi connectivity index (χ0n) is 16.8. The highest BCUT2D eigenvalue weighted by Gasteiger charge is 2.31. The highest BCUT2D eigenvalue weighted by Crippen LogP contribution is 2.31. The van der Waals surface area contributed by atoms with Crippen molar-refractivity contribution in [3.63, 3.8) is 0 Å². The van der Waals surface area contributed by atoms with Gasteiger partial charge in [-0.3, -0.25) is 4.79 Å². The zero-order chi connectivity index (χ0) is 21.5. The van der Waals surface area contributed by atoms with Gasteiger partial charge < -0.3 is 9.88 Å². The van der Waals surface area contributed by atoms with Crippen LogP contribution >= 0.6 is 0 Å². The first kappa shape index (κ1) is 20.5. The second-order valence-corrected chi connectivity index (χ2v) is 9.34. The molecule has 1 aliphatic heterocycles. The first-order chi connectivity index (χ1) is 14.3. The molecule has 1 aliphatic rings. The van der Waals surface area contributed by atoms with Gasteiger partial charge in [-0.15, -0.1) is 0 Å². The van der Waals surface area contributed by atoms with E-state index in [9.17, 15) is 17.6 Å². The van der Waals surface area contributed by atoms with E-state index in [4.69, 9.17) is 0 Å². The maximum absolute atomic E-state index is 13.5. The van der Waals surface area contributed by atoms with Crippen LogP contribution in [-0.4, -0.2) is 48.3 Å². The van der Waals surface area contributed by atoms with Gasteiger partial charge in [0.25, 0.3) is 5.91 Å². The van der Waals surface area contributed by atoms with Crippen molar-refractivity contribution in [2.45, 2.75) is 30.7 Å². The van der Waals surface area contributed by atoms with Crippen LogP contribution in [0.4, 0.5) is 4.39 Å². The Bertz CT molecular complexity index is 1200. The van der Waals surface area contributed by atoms with E-state index in [1.807, 2.05) is 6.92 Å². The molecule has 9 heteroatoms. The largest absolute Gasteiger partial charge is 0.355 e. The Balaban J connectivity index is 1.52. The number of sulfonamides is 1. The topological polar surface area (TPSA) is 84.3 Å². The van der Waals surface area contributed by atoms with Gasteiger partial charge in [0.05, 0.1) is 15.9 Å². The molecule has 1 fully saturated rings. The lowest BCUT2D eigenvalue weighted by Crippen LogP contribution is -2.39. The minimum atomic E-state index is -3.63. The number of benzene rings is 2. The lowest BCUT2D eigenvalue weighted by Gasteiger charge is -2.32. The Morgan fingerprint density at radius 3 is 2.43 bits per heavy atom. The van der Waals surface area contributed by atoms with Gasteiger partial charge in [-0.2, -0.15) is 4.31 Å². The maximum Gasteiger partial charge on any atom is 0.251 e. The highest BCUT2D eigenvalue weighted by molar-refractivity contribution is 7.89. The van der Waals surface area contributed by atoms with Gasteiger partial charge in [-0.25, -0.2) is 17.8 Å². The number of aryl methyl sites for hydroxylation is 1. The van der Waals surface area contributed by atoms with Crippen molar-refractivity contribution in [1.29, 1.82) is 0 Å². The first-order valence-electron chi connectivity index (χ1n) is 9.77. The van der Waals surface area contributed by atoms with Crippen LogP contribution in [0.5, 0.6) is 0 Å². The summed E-state index contributed by atoms with van der Waals surface area (Å²) in [6, 6.07) is 10.6. The first-order valence-corrected chi connectivity index (χ1v) is 11.2. The summed E-state index contributed by atoms with van der Waals surface area (Å²) < 4.78 is 43.1. The van der Waals surface area contributed by atoms with Crippen molar-refractivity contribution in [3.8, 4) is 0 Å². The van der Waals surface area contributed by atoms with E-state index < -0.39 is 10.0 Å². The van der Waals surface area contributed by atoms with E-state index in [-0.39, 0.29) is 22.7 Å². The van der Waals surface area contributed by atoms with Crippen molar-refractivity contribution in [1.82, 2.24) is 19.2 Å². The second-order valence-electron chi connectivity index (χ2n) is 7.40. The zero-order valence-corrected chi connectivity index (χ0v) is 17.6. The minimum Gasteiger partial charge on any atom is -0.355 e. The third kappa shape index (κ3) is 3.59. The summed E-state index contributed by atoms with van der Waals surface area (Å²) in [6.07, 6.45) is 1.28. The second kappa shape index (κ2) is 7.81. The molecule has 0 radical (unpaired) electrons. The van der Waals surface area contributed by atoms with Gasteiger partial charge in [0.2, 0.25) is 10.0 Å². The number of nitrogens with one attached hydrogen (secondary N) is 1. The van der Waals surface area contributed by atoms with E-state index in [2.05, 4.69) is 14.9 Å². The molecule has 1 amide bonds. The van der Waals surface area contributed by atoms with Crippen LogP contribution in [0.25, 0.3) is 11.0 Å². The third-order valence-corrected chi connectivity index (χ3v) is 7.51. The summed E-state index contributed by atoms with van der Waals surface area (Å²) in [7, 11) is -2.11. The fraction of sp³-hybridized carbons (Fsp3) is 0.333. The van der Waals surface area contributed by atoms with Crippen molar-refractivity contribution >= 4 is 27.0 Å². The lowest BCUT2D eigenvalue weighted by atomic mass is 10.1. The molecular weight excluding hydrogens is 407 g/mol. The van der Waals surface area contributed by atoms with Gasteiger partial charge in [0, 0.05) is 37.8 Å². The number of halogens is 1. The number of amides is 1. The number of nitrogens with zero attached hydrogens (tertiary/aromatic N) is 3. The number of aromatic nitrogens is 2.